The number of carbonyl (C=O) groups excluding carboxylic acids is 1. The van der Waals surface area contributed by atoms with E-state index in [2.05, 4.69) is 5.32 Å². The van der Waals surface area contributed by atoms with E-state index in [1.165, 1.54) is 4.31 Å². The summed E-state index contributed by atoms with van der Waals surface area (Å²) in [6, 6.07) is 12.5. The summed E-state index contributed by atoms with van der Waals surface area (Å²) in [4.78, 5) is 12.7. The SMILES string of the molecule is COc1ccc(C)cc1NC(=O)C1CCN(S(=O)(=O)Cc2ccccc2Cl)CC1. The summed E-state index contributed by atoms with van der Waals surface area (Å²) < 4.78 is 32.2. The number of ether oxygens (including phenoxy) is 1. The Bertz CT molecular complexity index is 986. The van der Waals surface area contributed by atoms with E-state index >= 15 is 0 Å². The summed E-state index contributed by atoms with van der Waals surface area (Å²) in [5.41, 5.74) is 2.23. The second kappa shape index (κ2) is 9.15. The maximum atomic E-state index is 12.7. The molecule has 1 heterocycles. The highest BCUT2D eigenvalue weighted by molar-refractivity contribution is 7.88. The molecule has 0 bridgehead atoms. The largest absolute Gasteiger partial charge is 0.495 e. The molecule has 0 saturated carbocycles. The average Bonchev–Trinajstić information content (AvgIpc) is 2.70. The van der Waals surface area contributed by atoms with Gasteiger partial charge >= 0.3 is 0 Å². The van der Waals surface area contributed by atoms with Crippen LogP contribution < -0.4 is 10.1 Å². The highest BCUT2D eigenvalue weighted by Gasteiger charge is 2.31. The number of anilines is 1. The lowest BCUT2D eigenvalue weighted by atomic mass is 9.97. The molecular formula is C21H25ClN2O4S. The van der Waals surface area contributed by atoms with Gasteiger partial charge in [-0.2, -0.15) is 0 Å². The molecule has 1 fully saturated rings. The molecule has 1 saturated heterocycles. The normalized spacial score (nSPS) is 15.8. The van der Waals surface area contributed by atoms with Gasteiger partial charge < -0.3 is 10.1 Å². The van der Waals surface area contributed by atoms with Crippen LogP contribution in [0.25, 0.3) is 0 Å². The van der Waals surface area contributed by atoms with E-state index in [0.717, 1.165) is 5.56 Å². The Morgan fingerprint density at radius 2 is 1.90 bits per heavy atom. The molecular weight excluding hydrogens is 412 g/mol. The number of hydrogen-bond donors (Lipinski definition) is 1. The van der Waals surface area contributed by atoms with Crippen LogP contribution in [0.1, 0.15) is 24.0 Å². The third kappa shape index (κ3) is 5.29. The number of carbonyl (C=O) groups is 1. The van der Waals surface area contributed by atoms with E-state index in [0.29, 0.717) is 48.0 Å². The van der Waals surface area contributed by atoms with E-state index in [1.807, 2.05) is 25.1 Å². The van der Waals surface area contributed by atoms with Gasteiger partial charge in [-0.25, -0.2) is 12.7 Å². The molecule has 29 heavy (non-hydrogen) atoms. The fourth-order valence-electron chi connectivity index (χ4n) is 3.45. The van der Waals surface area contributed by atoms with Gasteiger partial charge in [0.1, 0.15) is 5.75 Å². The number of piperidine rings is 1. The van der Waals surface area contributed by atoms with Crippen LogP contribution >= 0.6 is 11.6 Å². The van der Waals surface area contributed by atoms with Gasteiger partial charge in [0.05, 0.1) is 18.6 Å². The third-order valence-electron chi connectivity index (χ3n) is 5.13. The van der Waals surface area contributed by atoms with Crippen molar-refractivity contribution in [1.29, 1.82) is 0 Å². The molecule has 6 nitrogen and oxygen atoms in total. The fourth-order valence-corrected chi connectivity index (χ4v) is 5.33. The molecule has 3 rings (SSSR count). The average molecular weight is 437 g/mol. The summed E-state index contributed by atoms with van der Waals surface area (Å²) in [5, 5.41) is 3.37. The molecule has 0 atom stereocenters. The lowest BCUT2D eigenvalue weighted by Crippen LogP contribution is -2.41. The van der Waals surface area contributed by atoms with Crippen LogP contribution in [0.15, 0.2) is 42.5 Å². The fraction of sp³-hybridized carbons (Fsp3) is 0.381. The molecule has 1 amide bonds. The topological polar surface area (TPSA) is 75.7 Å². The maximum Gasteiger partial charge on any atom is 0.227 e. The number of benzene rings is 2. The lowest BCUT2D eigenvalue weighted by Gasteiger charge is -2.30. The Labute approximate surface area is 176 Å². The van der Waals surface area contributed by atoms with Crippen LogP contribution in [0.5, 0.6) is 5.75 Å². The number of amides is 1. The molecule has 0 spiro atoms. The summed E-state index contributed by atoms with van der Waals surface area (Å²) in [6.45, 7) is 2.57. The van der Waals surface area contributed by atoms with E-state index in [1.54, 1.807) is 31.4 Å². The number of hydrogen-bond acceptors (Lipinski definition) is 4. The van der Waals surface area contributed by atoms with Crippen molar-refractivity contribution in [2.75, 3.05) is 25.5 Å². The van der Waals surface area contributed by atoms with Crippen molar-refractivity contribution in [3.63, 3.8) is 0 Å². The molecule has 1 aliphatic heterocycles. The number of halogens is 1. The van der Waals surface area contributed by atoms with E-state index < -0.39 is 10.0 Å². The summed E-state index contributed by atoms with van der Waals surface area (Å²) in [7, 11) is -1.93. The first-order valence-electron chi connectivity index (χ1n) is 9.47. The van der Waals surface area contributed by atoms with Crippen LogP contribution in [0.2, 0.25) is 5.02 Å². The van der Waals surface area contributed by atoms with Crippen molar-refractivity contribution in [2.45, 2.75) is 25.5 Å². The molecule has 0 aromatic heterocycles. The molecule has 1 N–H and O–H groups in total. The van der Waals surface area contributed by atoms with Crippen molar-refractivity contribution >= 4 is 33.2 Å². The van der Waals surface area contributed by atoms with Crippen LogP contribution in [0, 0.1) is 12.8 Å². The molecule has 2 aromatic carbocycles. The van der Waals surface area contributed by atoms with E-state index in [4.69, 9.17) is 16.3 Å². The highest BCUT2D eigenvalue weighted by atomic mass is 35.5. The molecule has 0 radical (unpaired) electrons. The minimum atomic E-state index is -3.49. The van der Waals surface area contributed by atoms with Crippen molar-refractivity contribution < 1.29 is 17.9 Å². The second-order valence-corrected chi connectivity index (χ2v) is 9.59. The van der Waals surface area contributed by atoms with Gasteiger partial charge in [0.15, 0.2) is 0 Å². The summed E-state index contributed by atoms with van der Waals surface area (Å²) >= 11 is 6.10. The van der Waals surface area contributed by atoms with Gasteiger partial charge in [0.25, 0.3) is 0 Å². The first kappa shape index (κ1) is 21.6. The maximum absolute atomic E-state index is 12.7. The van der Waals surface area contributed by atoms with Gasteiger partial charge in [0, 0.05) is 24.0 Å². The zero-order valence-corrected chi connectivity index (χ0v) is 18.1. The third-order valence-corrected chi connectivity index (χ3v) is 7.32. The number of sulfonamides is 1. The molecule has 0 unspecified atom stereocenters. The first-order valence-corrected chi connectivity index (χ1v) is 11.5. The quantitative estimate of drug-likeness (QED) is 0.746. The number of nitrogens with one attached hydrogen (secondary N) is 1. The first-order chi connectivity index (χ1) is 13.8. The standard InChI is InChI=1S/C21H25ClN2O4S/c1-15-7-8-20(28-2)19(13-15)23-21(25)16-9-11-24(12-10-16)29(26,27)14-17-5-3-4-6-18(17)22/h3-8,13,16H,9-12,14H2,1-2H3,(H,23,25). The van der Waals surface area contributed by atoms with Crippen LogP contribution in [0.3, 0.4) is 0 Å². The number of rotatable bonds is 6. The Morgan fingerprint density at radius 3 is 2.55 bits per heavy atom. The Kier molecular flexibility index (Phi) is 6.82. The minimum Gasteiger partial charge on any atom is -0.495 e. The summed E-state index contributed by atoms with van der Waals surface area (Å²) in [6.07, 6.45) is 0.948. The van der Waals surface area contributed by atoms with Crippen molar-refractivity contribution in [1.82, 2.24) is 4.31 Å². The molecule has 1 aliphatic rings. The number of nitrogens with zero attached hydrogens (tertiary/aromatic N) is 1. The predicted octanol–water partition coefficient (Wildman–Crippen LogP) is 3.84. The Hall–Kier alpha value is -2.09. The van der Waals surface area contributed by atoms with Crippen LogP contribution in [0.4, 0.5) is 5.69 Å². The lowest BCUT2D eigenvalue weighted by molar-refractivity contribution is -0.120. The second-order valence-electron chi connectivity index (χ2n) is 7.21. The van der Waals surface area contributed by atoms with Crippen LogP contribution in [-0.2, 0) is 20.6 Å². The minimum absolute atomic E-state index is 0.114. The molecule has 8 heteroatoms. The molecule has 0 aliphatic carbocycles. The van der Waals surface area contributed by atoms with Crippen molar-refractivity contribution in [2.24, 2.45) is 5.92 Å². The Morgan fingerprint density at radius 1 is 1.21 bits per heavy atom. The van der Waals surface area contributed by atoms with Gasteiger partial charge in [0.2, 0.25) is 15.9 Å². The van der Waals surface area contributed by atoms with Crippen LogP contribution in [-0.4, -0.2) is 38.8 Å². The predicted molar refractivity (Wildman–Crippen MR) is 115 cm³/mol. The highest BCUT2D eigenvalue weighted by Crippen LogP contribution is 2.28. The van der Waals surface area contributed by atoms with E-state index in [9.17, 15) is 13.2 Å². The zero-order valence-electron chi connectivity index (χ0n) is 16.5. The molecule has 156 valence electrons. The van der Waals surface area contributed by atoms with Crippen molar-refractivity contribution in [3.8, 4) is 5.75 Å². The summed E-state index contributed by atoms with van der Waals surface area (Å²) in [5.74, 6) is 0.108. The van der Waals surface area contributed by atoms with E-state index in [-0.39, 0.29) is 17.6 Å². The zero-order chi connectivity index (χ0) is 21.0. The van der Waals surface area contributed by atoms with Gasteiger partial charge in [-0.05, 0) is 49.1 Å². The Balaban J connectivity index is 1.61. The van der Waals surface area contributed by atoms with Gasteiger partial charge in [-0.1, -0.05) is 35.9 Å². The van der Waals surface area contributed by atoms with Gasteiger partial charge in [-0.3, -0.25) is 4.79 Å². The number of aryl methyl sites for hydroxylation is 1. The number of methoxy groups -OCH3 is 1. The molecule has 2 aromatic rings. The van der Waals surface area contributed by atoms with Crippen molar-refractivity contribution in [3.05, 3.63) is 58.6 Å². The monoisotopic (exact) mass is 436 g/mol. The smallest absolute Gasteiger partial charge is 0.227 e. The van der Waals surface area contributed by atoms with Gasteiger partial charge in [-0.15, -0.1) is 0 Å².